The first-order chi connectivity index (χ1) is 13.8. The second-order valence-corrected chi connectivity index (χ2v) is 7.74. The zero-order chi connectivity index (χ0) is 21.2. The number of carbonyl (C=O) groups is 2. The fraction of sp³-hybridized carbons (Fsp3) is 0.500. The van der Waals surface area contributed by atoms with Crippen LogP contribution in [0.1, 0.15) is 36.5 Å². The number of ketones is 2. The number of unbranched alkanes of at least 4 members (excludes halogenated alkanes) is 1. The molecule has 29 heavy (non-hydrogen) atoms. The minimum absolute atomic E-state index is 0.0634. The van der Waals surface area contributed by atoms with Gasteiger partial charge in [-0.05, 0) is 25.1 Å². The molecule has 0 N–H and O–H groups in total. The van der Waals surface area contributed by atoms with Crippen molar-refractivity contribution in [2.75, 3.05) is 19.6 Å². The molecule has 0 amide bonds. The number of Topliss-reactive ketones (excluding diaryl/α,β-unsaturated/α-hetero) is 1. The molecule has 0 spiro atoms. The summed E-state index contributed by atoms with van der Waals surface area (Å²) in [7, 11) is 0. The standard InChI is InChI=1S/C20H23N3O6/c1-2-3-11-21-13-19(22(26)27)10-9-18(25)20(14-21,23(28)29)17(19)12-16(24)15-7-5-4-6-8-15/h4-10,17H,2-3,11-14H2,1H3/t17-,19+,20-/m1/s1. The normalized spacial score (nSPS) is 28.9. The number of hydrogen-bond acceptors (Lipinski definition) is 7. The Labute approximate surface area is 167 Å². The zero-order valence-corrected chi connectivity index (χ0v) is 16.2. The molecule has 3 rings (SSSR count). The van der Waals surface area contributed by atoms with E-state index in [9.17, 15) is 29.8 Å². The second-order valence-electron chi connectivity index (χ2n) is 7.74. The van der Waals surface area contributed by atoms with Crippen molar-refractivity contribution in [1.29, 1.82) is 0 Å². The van der Waals surface area contributed by atoms with Crippen LogP contribution in [0.15, 0.2) is 42.5 Å². The minimum Gasteiger partial charge on any atom is -0.294 e. The van der Waals surface area contributed by atoms with E-state index in [-0.39, 0.29) is 13.1 Å². The molecule has 0 radical (unpaired) electrons. The Morgan fingerprint density at radius 2 is 1.86 bits per heavy atom. The Kier molecular flexibility index (Phi) is 5.61. The van der Waals surface area contributed by atoms with Crippen LogP contribution in [0, 0.1) is 26.1 Å². The van der Waals surface area contributed by atoms with Crippen LogP contribution in [0.2, 0.25) is 0 Å². The van der Waals surface area contributed by atoms with Crippen molar-refractivity contribution < 1.29 is 19.4 Å². The van der Waals surface area contributed by atoms with Gasteiger partial charge in [0.05, 0.1) is 13.1 Å². The maximum absolute atomic E-state index is 12.8. The number of nitrogens with zero attached hydrogens (tertiary/aromatic N) is 3. The Morgan fingerprint density at radius 1 is 1.17 bits per heavy atom. The van der Waals surface area contributed by atoms with E-state index in [0.29, 0.717) is 18.5 Å². The third-order valence-corrected chi connectivity index (χ3v) is 6.05. The maximum atomic E-state index is 12.8. The SMILES string of the molecule is CCCCN1C[C@@]2([N+](=O)[O-])C=CC(=O)[C@@]([N+](=O)[O-])(C1)[C@@H]2CC(=O)c1ccccc1. The molecule has 1 fully saturated rings. The van der Waals surface area contributed by atoms with E-state index >= 15 is 0 Å². The molecular weight excluding hydrogens is 378 g/mol. The summed E-state index contributed by atoms with van der Waals surface area (Å²) in [5.74, 6) is -2.59. The largest absolute Gasteiger partial charge is 0.305 e. The molecular formula is C20H23N3O6. The highest BCUT2D eigenvalue weighted by Crippen LogP contribution is 2.46. The number of hydrogen-bond donors (Lipinski definition) is 0. The van der Waals surface area contributed by atoms with E-state index in [1.54, 1.807) is 35.2 Å². The Balaban J connectivity index is 2.09. The molecule has 1 aromatic carbocycles. The maximum Gasteiger partial charge on any atom is 0.305 e. The van der Waals surface area contributed by atoms with Gasteiger partial charge in [-0.2, -0.15) is 0 Å². The molecule has 154 valence electrons. The lowest BCUT2D eigenvalue weighted by Crippen LogP contribution is -2.75. The third kappa shape index (κ3) is 3.35. The summed E-state index contributed by atoms with van der Waals surface area (Å²) in [6.07, 6.45) is 3.20. The van der Waals surface area contributed by atoms with Gasteiger partial charge in [0.2, 0.25) is 5.78 Å². The number of benzene rings is 1. The quantitative estimate of drug-likeness (QED) is 0.371. The van der Waals surface area contributed by atoms with Gasteiger partial charge in [0.25, 0.3) is 5.54 Å². The molecule has 0 aromatic heterocycles. The first kappa shape index (κ1) is 20.8. The van der Waals surface area contributed by atoms with E-state index in [1.807, 2.05) is 6.92 Å². The number of likely N-dealkylation sites (tertiary alicyclic amines) is 1. The van der Waals surface area contributed by atoms with Gasteiger partial charge in [-0.3, -0.25) is 34.7 Å². The van der Waals surface area contributed by atoms with Crippen molar-refractivity contribution in [1.82, 2.24) is 4.90 Å². The summed E-state index contributed by atoms with van der Waals surface area (Å²) in [6.45, 7) is 2.07. The zero-order valence-electron chi connectivity index (χ0n) is 16.2. The van der Waals surface area contributed by atoms with Gasteiger partial charge in [-0.1, -0.05) is 43.7 Å². The first-order valence-corrected chi connectivity index (χ1v) is 9.61. The van der Waals surface area contributed by atoms with Gasteiger partial charge in [0.1, 0.15) is 5.92 Å². The van der Waals surface area contributed by atoms with Gasteiger partial charge < -0.3 is 0 Å². The number of carbonyl (C=O) groups excluding carboxylic acids is 2. The van der Waals surface area contributed by atoms with E-state index in [2.05, 4.69) is 0 Å². The van der Waals surface area contributed by atoms with Crippen molar-refractivity contribution in [2.45, 2.75) is 37.3 Å². The Hall–Kier alpha value is -2.94. The van der Waals surface area contributed by atoms with Gasteiger partial charge in [0.15, 0.2) is 5.78 Å². The van der Waals surface area contributed by atoms with Crippen LogP contribution < -0.4 is 0 Å². The van der Waals surface area contributed by atoms with Crippen molar-refractivity contribution in [3.8, 4) is 0 Å². The van der Waals surface area contributed by atoms with E-state index in [0.717, 1.165) is 18.6 Å². The van der Waals surface area contributed by atoms with E-state index in [1.165, 1.54) is 0 Å². The fourth-order valence-electron chi connectivity index (χ4n) is 4.51. The minimum atomic E-state index is -2.21. The molecule has 0 saturated carbocycles. The molecule has 1 aliphatic carbocycles. The topological polar surface area (TPSA) is 124 Å². The van der Waals surface area contributed by atoms with Crippen molar-refractivity contribution >= 4 is 11.6 Å². The van der Waals surface area contributed by atoms with Gasteiger partial charge in [-0.15, -0.1) is 0 Å². The lowest BCUT2D eigenvalue weighted by Gasteiger charge is -2.48. The molecule has 3 atom stereocenters. The highest BCUT2D eigenvalue weighted by molar-refractivity contribution is 6.01. The Morgan fingerprint density at radius 3 is 2.45 bits per heavy atom. The second kappa shape index (κ2) is 7.82. The highest BCUT2D eigenvalue weighted by atomic mass is 16.6. The molecule has 0 unspecified atom stereocenters. The number of fused-ring (bicyclic) bond motifs is 2. The summed E-state index contributed by atoms with van der Waals surface area (Å²) in [5, 5.41) is 24.4. The van der Waals surface area contributed by atoms with E-state index < -0.39 is 44.8 Å². The first-order valence-electron chi connectivity index (χ1n) is 9.61. The lowest BCUT2D eigenvalue weighted by molar-refractivity contribution is -0.623. The Bertz CT molecular complexity index is 870. The van der Waals surface area contributed by atoms with Crippen LogP contribution in [0.25, 0.3) is 0 Å². The number of nitro groups is 2. The summed E-state index contributed by atoms with van der Waals surface area (Å²) in [5.41, 5.74) is -3.76. The van der Waals surface area contributed by atoms with Crippen LogP contribution >= 0.6 is 0 Å². The molecule has 9 nitrogen and oxygen atoms in total. The molecule has 1 heterocycles. The average Bonchev–Trinajstić information content (AvgIpc) is 2.70. The monoisotopic (exact) mass is 401 g/mol. The van der Waals surface area contributed by atoms with Gasteiger partial charge >= 0.3 is 5.54 Å². The predicted molar refractivity (Wildman–Crippen MR) is 104 cm³/mol. The van der Waals surface area contributed by atoms with Crippen LogP contribution in [0.4, 0.5) is 0 Å². The molecule has 1 aromatic rings. The summed E-state index contributed by atoms with van der Waals surface area (Å²) in [4.78, 5) is 50.4. The van der Waals surface area contributed by atoms with Crippen molar-refractivity contribution in [2.24, 2.45) is 5.92 Å². The van der Waals surface area contributed by atoms with Crippen LogP contribution in [0.3, 0.4) is 0 Å². The third-order valence-electron chi connectivity index (χ3n) is 6.05. The summed E-state index contributed by atoms with van der Waals surface area (Å²) < 4.78 is 0. The number of piperidine rings is 1. The van der Waals surface area contributed by atoms with Crippen LogP contribution in [0.5, 0.6) is 0 Å². The van der Waals surface area contributed by atoms with E-state index in [4.69, 9.17) is 0 Å². The van der Waals surface area contributed by atoms with Crippen LogP contribution in [-0.2, 0) is 4.79 Å². The summed E-state index contributed by atoms with van der Waals surface area (Å²) in [6, 6.07) is 8.15. The van der Waals surface area contributed by atoms with Gasteiger partial charge in [0, 0.05) is 21.8 Å². The average molecular weight is 401 g/mol. The fourth-order valence-corrected chi connectivity index (χ4v) is 4.51. The smallest absolute Gasteiger partial charge is 0.294 e. The lowest BCUT2D eigenvalue weighted by atomic mass is 9.60. The highest BCUT2D eigenvalue weighted by Gasteiger charge is 2.74. The molecule has 2 bridgehead atoms. The number of rotatable bonds is 8. The molecule has 9 heteroatoms. The molecule has 1 aliphatic heterocycles. The predicted octanol–water partition coefficient (Wildman–Crippen LogP) is 2.16. The van der Waals surface area contributed by atoms with Crippen molar-refractivity contribution in [3.05, 3.63) is 68.3 Å². The van der Waals surface area contributed by atoms with Gasteiger partial charge in [-0.25, -0.2) is 0 Å². The molecule has 2 aliphatic rings. The van der Waals surface area contributed by atoms with Crippen molar-refractivity contribution in [3.63, 3.8) is 0 Å². The summed E-state index contributed by atoms with van der Waals surface area (Å²) >= 11 is 0. The van der Waals surface area contributed by atoms with Crippen LogP contribution in [-0.4, -0.2) is 57.0 Å². The molecule has 1 saturated heterocycles.